The predicted molar refractivity (Wildman–Crippen MR) is 117 cm³/mol. The van der Waals surface area contributed by atoms with Crippen molar-refractivity contribution in [2.45, 2.75) is 45.3 Å². The van der Waals surface area contributed by atoms with Crippen molar-refractivity contribution in [1.82, 2.24) is 0 Å². The predicted octanol–water partition coefficient (Wildman–Crippen LogP) is 4.54. The first-order valence-electron chi connectivity index (χ1n) is 10.8. The van der Waals surface area contributed by atoms with Gasteiger partial charge >= 0.3 is 11.9 Å². The Morgan fingerprint density at radius 2 is 1.81 bits per heavy atom. The minimum Gasteiger partial charge on any atom is -0.493 e. The van der Waals surface area contributed by atoms with Gasteiger partial charge in [-0.2, -0.15) is 0 Å². The molecule has 0 saturated heterocycles. The molecule has 4 rings (SSSR count). The van der Waals surface area contributed by atoms with E-state index >= 15 is 0 Å². The molecule has 0 aromatic heterocycles. The molecule has 0 spiro atoms. The van der Waals surface area contributed by atoms with Gasteiger partial charge in [0.15, 0.2) is 11.5 Å². The van der Waals surface area contributed by atoms with Crippen LogP contribution in [0, 0.1) is 5.92 Å². The van der Waals surface area contributed by atoms with Crippen LogP contribution in [0.15, 0.2) is 30.3 Å². The third-order valence-electron chi connectivity index (χ3n) is 5.69. The number of cyclic esters (lactones) is 1. The Morgan fingerprint density at radius 1 is 1.06 bits per heavy atom. The summed E-state index contributed by atoms with van der Waals surface area (Å²) in [4.78, 5) is 24.0. The summed E-state index contributed by atoms with van der Waals surface area (Å²) in [6, 6.07) is 9.24. The third-order valence-corrected chi connectivity index (χ3v) is 5.69. The van der Waals surface area contributed by atoms with Crippen LogP contribution in [0.5, 0.6) is 17.2 Å². The number of rotatable bonds is 9. The van der Waals surface area contributed by atoms with Crippen LogP contribution in [-0.2, 0) is 20.9 Å². The number of fused-ring (bicyclic) bond motifs is 1. The quantitative estimate of drug-likeness (QED) is 0.530. The largest absolute Gasteiger partial charge is 0.493 e. The zero-order valence-corrected chi connectivity index (χ0v) is 18.9. The fourth-order valence-corrected chi connectivity index (χ4v) is 3.81. The molecule has 0 unspecified atom stereocenters. The first-order chi connectivity index (χ1) is 15.4. The van der Waals surface area contributed by atoms with Crippen LogP contribution in [-0.4, -0.2) is 38.4 Å². The van der Waals surface area contributed by atoms with E-state index in [1.54, 1.807) is 20.3 Å². The molecule has 1 aliphatic heterocycles. The smallest absolute Gasteiger partial charge is 0.338 e. The minimum atomic E-state index is -0.602. The van der Waals surface area contributed by atoms with Gasteiger partial charge in [0.25, 0.3) is 0 Å². The van der Waals surface area contributed by atoms with Gasteiger partial charge in [-0.1, -0.05) is 19.9 Å². The maximum absolute atomic E-state index is 12.2. The highest BCUT2D eigenvalue weighted by molar-refractivity contribution is 5.94. The summed E-state index contributed by atoms with van der Waals surface area (Å²) in [5, 5.41) is 0. The lowest BCUT2D eigenvalue weighted by atomic mass is 9.99. The van der Waals surface area contributed by atoms with Crippen molar-refractivity contribution in [2.24, 2.45) is 5.92 Å². The Labute approximate surface area is 187 Å². The van der Waals surface area contributed by atoms with Crippen LogP contribution in [0.3, 0.4) is 0 Å². The molecule has 32 heavy (non-hydrogen) atoms. The highest BCUT2D eigenvalue weighted by Gasteiger charge is 2.48. The van der Waals surface area contributed by atoms with E-state index in [0.717, 1.165) is 29.5 Å². The van der Waals surface area contributed by atoms with Crippen molar-refractivity contribution < 1.29 is 33.3 Å². The fourth-order valence-electron chi connectivity index (χ4n) is 3.81. The second-order valence-electron chi connectivity index (χ2n) is 8.67. The molecular weight excluding hydrogens is 412 g/mol. The van der Waals surface area contributed by atoms with E-state index in [-0.39, 0.29) is 31.1 Å². The summed E-state index contributed by atoms with van der Waals surface area (Å²) >= 11 is 0. The zero-order chi connectivity index (χ0) is 22.9. The molecule has 2 aromatic carbocycles. The van der Waals surface area contributed by atoms with Gasteiger partial charge in [-0.3, -0.25) is 4.79 Å². The molecule has 1 aliphatic carbocycles. The van der Waals surface area contributed by atoms with E-state index < -0.39 is 5.60 Å². The van der Waals surface area contributed by atoms with Gasteiger partial charge in [-0.05, 0) is 48.6 Å². The SMILES string of the molecule is COc1ccc(-c2ccc3c(c2)COC3=O)c(OCC2(OC(=O)CC(C)C)CC2)c1OC. The lowest BCUT2D eigenvalue weighted by Crippen LogP contribution is -2.27. The molecule has 0 bridgehead atoms. The zero-order valence-electron chi connectivity index (χ0n) is 18.9. The van der Waals surface area contributed by atoms with Crippen LogP contribution in [0.2, 0.25) is 0 Å². The average molecular weight is 440 g/mol. The molecule has 0 radical (unpaired) electrons. The summed E-state index contributed by atoms with van der Waals surface area (Å²) in [6.07, 6.45) is 1.90. The summed E-state index contributed by atoms with van der Waals surface area (Å²) in [5.74, 6) is 1.22. The van der Waals surface area contributed by atoms with Crippen LogP contribution in [0.1, 0.15) is 49.0 Å². The number of hydrogen-bond donors (Lipinski definition) is 0. The Morgan fingerprint density at radius 3 is 2.47 bits per heavy atom. The topological polar surface area (TPSA) is 80.3 Å². The lowest BCUT2D eigenvalue weighted by Gasteiger charge is -2.22. The fraction of sp³-hybridized carbons (Fsp3) is 0.440. The number of ether oxygens (including phenoxy) is 5. The van der Waals surface area contributed by atoms with E-state index in [0.29, 0.717) is 29.2 Å². The number of carbonyl (C=O) groups is 2. The molecule has 2 aliphatic rings. The maximum atomic E-state index is 12.2. The standard InChI is InChI=1S/C25H28O7/c1-15(2)11-21(26)32-25(9-10-25)14-31-22-18(7-8-20(28-3)23(22)29-4)16-5-6-19-17(12-16)13-30-24(19)27/h5-8,12,15H,9-11,13-14H2,1-4H3. The lowest BCUT2D eigenvalue weighted by molar-refractivity contribution is -0.153. The number of hydrogen-bond acceptors (Lipinski definition) is 7. The van der Waals surface area contributed by atoms with Gasteiger partial charge in [0.2, 0.25) is 5.75 Å². The second kappa shape index (κ2) is 8.73. The third kappa shape index (κ3) is 4.38. The van der Waals surface area contributed by atoms with Crippen LogP contribution >= 0.6 is 0 Å². The maximum Gasteiger partial charge on any atom is 0.338 e. The van der Waals surface area contributed by atoms with Crippen molar-refractivity contribution in [3.05, 3.63) is 41.5 Å². The van der Waals surface area contributed by atoms with E-state index in [2.05, 4.69) is 0 Å². The first-order valence-corrected chi connectivity index (χ1v) is 10.8. The van der Waals surface area contributed by atoms with E-state index in [1.807, 2.05) is 38.1 Å². The number of esters is 2. The summed E-state index contributed by atoms with van der Waals surface area (Å²) < 4.78 is 28.2. The van der Waals surface area contributed by atoms with Gasteiger partial charge in [0, 0.05) is 17.5 Å². The highest BCUT2D eigenvalue weighted by Crippen LogP contribution is 2.47. The van der Waals surface area contributed by atoms with Crippen molar-refractivity contribution in [1.29, 1.82) is 0 Å². The number of carbonyl (C=O) groups excluding carboxylic acids is 2. The second-order valence-corrected chi connectivity index (χ2v) is 8.67. The molecule has 7 nitrogen and oxygen atoms in total. The van der Waals surface area contributed by atoms with Crippen molar-refractivity contribution in [3.63, 3.8) is 0 Å². The molecule has 1 fully saturated rings. The van der Waals surface area contributed by atoms with Gasteiger partial charge < -0.3 is 23.7 Å². The molecule has 0 atom stereocenters. The molecule has 2 aromatic rings. The normalized spacial score (nSPS) is 15.7. The summed E-state index contributed by atoms with van der Waals surface area (Å²) in [7, 11) is 3.12. The van der Waals surface area contributed by atoms with E-state index in [9.17, 15) is 9.59 Å². The Bertz CT molecular complexity index is 1040. The van der Waals surface area contributed by atoms with Crippen molar-refractivity contribution >= 4 is 11.9 Å². The molecule has 0 N–H and O–H groups in total. The van der Waals surface area contributed by atoms with E-state index in [1.165, 1.54) is 0 Å². The van der Waals surface area contributed by atoms with Gasteiger partial charge in [-0.15, -0.1) is 0 Å². The first kappa shape index (κ1) is 22.0. The minimum absolute atomic E-state index is 0.206. The van der Waals surface area contributed by atoms with Crippen molar-refractivity contribution in [3.8, 4) is 28.4 Å². The molecular formula is C25H28O7. The molecule has 1 saturated carbocycles. The molecule has 0 amide bonds. The van der Waals surface area contributed by atoms with Crippen LogP contribution in [0.4, 0.5) is 0 Å². The van der Waals surface area contributed by atoms with Crippen LogP contribution < -0.4 is 14.2 Å². The Balaban J connectivity index is 1.63. The van der Waals surface area contributed by atoms with Crippen molar-refractivity contribution in [2.75, 3.05) is 20.8 Å². The van der Waals surface area contributed by atoms with Gasteiger partial charge in [0.1, 0.15) is 18.8 Å². The average Bonchev–Trinajstić information content (AvgIpc) is 3.43. The van der Waals surface area contributed by atoms with Gasteiger partial charge in [-0.25, -0.2) is 4.79 Å². The number of benzene rings is 2. The Kier molecular flexibility index (Phi) is 6.00. The monoisotopic (exact) mass is 440 g/mol. The van der Waals surface area contributed by atoms with E-state index in [4.69, 9.17) is 23.7 Å². The molecule has 1 heterocycles. The van der Waals surface area contributed by atoms with Crippen LogP contribution in [0.25, 0.3) is 11.1 Å². The Hall–Kier alpha value is -3.22. The highest BCUT2D eigenvalue weighted by atomic mass is 16.6. The molecule has 7 heteroatoms. The summed E-state index contributed by atoms with van der Waals surface area (Å²) in [5.41, 5.74) is 2.45. The summed E-state index contributed by atoms with van der Waals surface area (Å²) in [6.45, 7) is 4.44. The molecule has 170 valence electrons. The van der Waals surface area contributed by atoms with Gasteiger partial charge in [0.05, 0.1) is 19.8 Å². The number of methoxy groups -OCH3 is 2.